The van der Waals surface area contributed by atoms with Gasteiger partial charge in [0.05, 0.1) is 5.69 Å². The minimum Gasteiger partial charge on any atom is -0.272 e. The van der Waals surface area contributed by atoms with Crippen LogP contribution >= 0.6 is 15.9 Å². The Bertz CT molecular complexity index is 434. The summed E-state index contributed by atoms with van der Waals surface area (Å²) in [6.07, 6.45) is 1.01. The fourth-order valence-electron chi connectivity index (χ4n) is 1.59. The van der Waals surface area contributed by atoms with Crippen LogP contribution in [0.25, 0.3) is 11.3 Å². The van der Waals surface area contributed by atoms with E-state index in [1.54, 1.807) is 0 Å². The molecule has 0 unspecified atom stereocenters. The molecule has 0 saturated carbocycles. The van der Waals surface area contributed by atoms with Crippen molar-refractivity contribution in [1.82, 2.24) is 9.78 Å². The highest BCUT2D eigenvalue weighted by atomic mass is 79.9. The summed E-state index contributed by atoms with van der Waals surface area (Å²) in [6.45, 7) is 0. The van der Waals surface area contributed by atoms with Crippen LogP contribution in [0.2, 0.25) is 0 Å². The molecule has 2 nitrogen and oxygen atoms in total. The van der Waals surface area contributed by atoms with Crippen LogP contribution in [0.5, 0.6) is 0 Å². The van der Waals surface area contributed by atoms with Gasteiger partial charge < -0.3 is 0 Å². The minimum atomic E-state index is 0.973. The standard InChI is InChI=1S/C12H13BrN2/c1-15-11(7-8-13)9-12(14-15)10-5-3-2-4-6-10/h2-6,9H,7-8H2,1H3. The maximum atomic E-state index is 4.50. The molecule has 78 valence electrons. The van der Waals surface area contributed by atoms with Gasteiger partial charge in [0.1, 0.15) is 0 Å². The van der Waals surface area contributed by atoms with Crippen LogP contribution in [0, 0.1) is 0 Å². The summed E-state index contributed by atoms with van der Waals surface area (Å²) < 4.78 is 1.95. The van der Waals surface area contributed by atoms with Gasteiger partial charge >= 0.3 is 0 Å². The molecule has 2 rings (SSSR count). The first-order valence-corrected chi connectivity index (χ1v) is 6.07. The van der Waals surface area contributed by atoms with Crippen molar-refractivity contribution in [1.29, 1.82) is 0 Å². The molecule has 0 aliphatic rings. The molecule has 0 fully saturated rings. The summed E-state index contributed by atoms with van der Waals surface area (Å²) in [5.41, 5.74) is 3.48. The van der Waals surface area contributed by atoms with Gasteiger partial charge in [-0.15, -0.1) is 0 Å². The lowest BCUT2D eigenvalue weighted by Gasteiger charge is -1.95. The molecule has 1 aromatic carbocycles. The predicted molar refractivity (Wildman–Crippen MR) is 66.1 cm³/mol. The molecule has 0 amide bonds. The van der Waals surface area contributed by atoms with Gasteiger partial charge in [0, 0.05) is 23.6 Å². The van der Waals surface area contributed by atoms with Crippen LogP contribution in [0.15, 0.2) is 36.4 Å². The van der Waals surface area contributed by atoms with Crippen molar-refractivity contribution in [2.45, 2.75) is 6.42 Å². The van der Waals surface area contributed by atoms with E-state index in [1.165, 1.54) is 11.3 Å². The number of aromatic nitrogens is 2. The quantitative estimate of drug-likeness (QED) is 0.780. The molecule has 0 saturated heterocycles. The first-order valence-electron chi connectivity index (χ1n) is 4.95. The Balaban J connectivity index is 2.34. The second-order valence-corrected chi connectivity index (χ2v) is 4.24. The number of benzene rings is 1. The Hall–Kier alpha value is -1.09. The van der Waals surface area contributed by atoms with Gasteiger partial charge in [-0.1, -0.05) is 46.3 Å². The fourth-order valence-corrected chi connectivity index (χ4v) is 1.99. The van der Waals surface area contributed by atoms with Crippen molar-refractivity contribution >= 4 is 15.9 Å². The van der Waals surface area contributed by atoms with E-state index >= 15 is 0 Å². The lowest BCUT2D eigenvalue weighted by atomic mass is 10.1. The van der Waals surface area contributed by atoms with E-state index in [1.807, 2.05) is 29.9 Å². The highest BCUT2D eigenvalue weighted by molar-refractivity contribution is 9.09. The number of hydrogen-bond acceptors (Lipinski definition) is 1. The van der Waals surface area contributed by atoms with Crippen molar-refractivity contribution in [2.75, 3.05) is 5.33 Å². The van der Waals surface area contributed by atoms with E-state index in [9.17, 15) is 0 Å². The van der Waals surface area contributed by atoms with Crippen molar-refractivity contribution in [2.24, 2.45) is 7.05 Å². The Morgan fingerprint density at radius 3 is 2.67 bits per heavy atom. The molecule has 0 aliphatic heterocycles. The van der Waals surface area contributed by atoms with E-state index in [4.69, 9.17) is 0 Å². The molecule has 0 bridgehead atoms. The molecule has 2 aromatic rings. The van der Waals surface area contributed by atoms with Crippen LogP contribution in [-0.2, 0) is 13.5 Å². The highest BCUT2D eigenvalue weighted by Gasteiger charge is 2.05. The SMILES string of the molecule is Cn1nc(-c2ccccc2)cc1CCBr. The third-order valence-corrected chi connectivity index (χ3v) is 2.79. The maximum Gasteiger partial charge on any atom is 0.0925 e. The van der Waals surface area contributed by atoms with Gasteiger partial charge in [-0.25, -0.2) is 0 Å². The third kappa shape index (κ3) is 2.29. The fraction of sp³-hybridized carbons (Fsp3) is 0.250. The Morgan fingerprint density at radius 2 is 2.00 bits per heavy atom. The summed E-state index contributed by atoms with van der Waals surface area (Å²) >= 11 is 3.44. The number of rotatable bonds is 3. The monoisotopic (exact) mass is 264 g/mol. The number of halogens is 1. The molecule has 0 spiro atoms. The lowest BCUT2D eigenvalue weighted by Crippen LogP contribution is -1.98. The molecule has 0 atom stereocenters. The third-order valence-electron chi connectivity index (χ3n) is 2.40. The normalized spacial score (nSPS) is 10.5. The summed E-state index contributed by atoms with van der Waals surface area (Å²) in [4.78, 5) is 0. The van der Waals surface area contributed by atoms with Gasteiger partial charge in [-0.2, -0.15) is 5.10 Å². The summed E-state index contributed by atoms with van der Waals surface area (Å²) in [6, 6.07) is 12.4. The Labute approximate surface area is 98.1 Å². The molecular formula is C12H13BrN2. The zero-order valence-electron chi connectivity index (χ0n) is 8.65. The van der Waals surface area contributed by atoms with E-state index in [2.05, 4.69) is 39.2 Å². The second-order valence-electron chi connectivity index (χ2n) is 3.45. The number of hydrogen-bond donors (Lipinski definition) is 0. The van der Waals surface area contributed by atoms with E-state index in [-0.39, 0.29) is 0 Å². The molecule has 3 heteroatoms. The van der Waals surface area contributed by atoms with Crippen molar-refractivity contribution in [3.63, 3.8) is 0 Å². The van der Waals surface area contributed by atoms with Crippen LogP contribution in [-0.4, -0.2) is 15.1 Å². The van der Waals surface area contributed by atoms with Crippen molar-refractivity contribution in [3.8, 4) is 11.3 Å². The molecule has 15 heavy (non-hydrogen) atoms. The predicted octanol–water partition coefficient (Wildman–Crippen LogP) is 3.02. The minimum absolute atomic E-state index is 0.973. The van der Waals surface area contributed by atoms with Crippen molar-refractivity contribution < 1.29 is 0 Å². The van der Waals surface area contributed by atoms with Crippen LogP contribution in [0.1, 0.15) is 5.69 Å². The molecule has 0 radical (unpaired) electrons. The zero-order valence-corrected chi connectivity index (χ0v) is 10.2. The topological polar surface area (TPSA) is 17.8 Å². The average Bonchev–Trinajstić information content (AvgIpc) is 2.63. The molecule has 0 N–H and O–H groups in total. The Morgan fingerprint density at radius 1 is 1.27 bits per heavy atom. The molecule has 1 aromatic heterocycles. The van der Waals surface area contributed by atoms with Gasteiger partial charge in [-0.3, -0.25) is 4.68 Å². The van der Waals surface area contributed by atoms with E-state index in [0.29, 0.717) is 0 Å². The second kappa shape index (κ2) is 4.62. The first kappa shape index (κ1) is 10.4. The summed E-state index contributed by atoms with van der Waals surface area (Å²) in [5, 5.41) is 5.47. The van der Waals surface area contributed by atoms with Gasteiger partial charge in [0.25, 0.3) is 0 Å². The summed E-state index contributed by atoms with van der Waals surface area (Å²) in [7, 11) is 1.99. The lowest BCUT2D eigenvalue weighted by molar-refractivity contribution is 0.722. The van der Waals surface area contributed by atoms with Crippen LogP contribution < -0.4 is 0 Å². The van der Waals surface area contributed by atoms with Crippen LogP contribution in [0.3, 0.4) is 0 Å². The van der Waals surface area contributed by atoms with Crippen molar-refractivity contribution in [3.05, 3.63) is 42.1 Å². The molecular weight excluding hydrogens is 252 g/mol. The number of aryl methyl sites for hydroxylation is 2. The summed E-state index contributed by atoms with van der Waals surface area (Å²) in [5.74, 6) is 0. The van der Waals surface area contributed by atoms with E-state index < -0.39 is 0 Å². The Kier molecular flexibility index (Phi) is 3.21. The first-order chi connectivity index (χ1) is 7.31. The van der Waals surface area contributed by atoms with Gasteiger partial charge in [0.15, 0.2) is 0 Å². The average molecular weight is 265 g/mol. The van der Waals surface area contributed by atoms with Gasteiger partial charge in [0.2, 0.25) is 0 Å². The molecule has 0 aliphatic carbocycles. The smallest absolute Gasteiger partial charge is 0.0925 e. The van der Waals surface area contributed by atoms with Gasteiger partial charge in [-0.05, 0) is 12.5 Å². The van der Waals surface area contributed by atoms with Crippen LogP contribution in [0.4, 0.5) is 0 Å². The largest absolute Gasteiger partial charge is 0.272 e. The van der Waals surface area contributed by atoms with E-state index in [0.717, 1.165) is 17.4 Å². The molecule has 1 heterocycles. The maximum absolute atomic E-state index is 4.50. The number of nitrogens with zero attached hydrogens (tertiary/aromatic N) is 2. The highest BCUT2D eigenvalue weighted by Crippen LogP contribution is 2.18. The zero-order chi connectivity index (χ0) is 10.7. The number of alkyl halides is 1.